The summed E-state index contributed by atoms with van der Waals surface area (Å²) in [7, 11) is -3.25. The number of amides is 1. The van der Waals surface area contributed by atoms with E-state index in [9.17, 15) is 13.2 Å². The maximum absolute atomic E-state index is 12.8. The second kappa shape index (κ2) is 6.39. The van der Waals surface area contributed by atoms with Crippen LogP contribution in [0.4, 0.5) is 5.69 Å². The largest absolute Gasteiger partial charge is 0.338 e. The van der Waals surface area contributed by atoms with Crippen LogP contribution in [-0.4, -0.2) is 44.6 Å². The van der Waals surface area contributed by atoms with Crippen molar-refractivity contribution in [2.75, 3.05) is 29.7 Å². The Balaban J connectivity index is 1.84. The minimum Gasteiger partial charge on any atom is -0.338 e. The molecule has 2 fully saturated rings. The molecule has 0 bridgehead atoms. The molecule has 0 radical (unpaired) electrons. The molecule has 6 heteroatoms. The van der Waals surface area contributed by atoms with Gasteiger partial charge in [0.15, 0.2) is 0 Å². The van der Waals surface area contributed by atoms with Gasteiger partial charge in [0, 0.05) is 25.2 Å². The topological polar surface area (TPSA) is 57.7 Å². The van der Waals surface area contributed by atoms with Crippen molar-refractivity contribution in [3.05, 3.63) is 29.8 Å². The molecular formula is C18H26N2O3S. The van der Waals surface area contributed by atoms with E-state index in [2.05, 4.69) is 13.8 Å². The molecule has 0 spiro atoms. The van der Waals surface area contributed by atoms with Gasteiger partial charge in [-0.2, -0.15) is 0 Å². The van der Waals surface area contributed by atoms with Crippen LogP contribution < -0.4 is 4.31 Å². The van der Waals surface area contributed by atoms with Gasteiger partial charge in [-0.05, 0) is 49.3 Å². The predicted molar refractivity (Wildman–Crippen MR) is 95.7 cm³/mol. The molecule has 0 N–H and O–H groups in total. The molecule has 24 heavy (non-hydrogen) atoms. The number of anilines is 1. The summed E-state index contributed by atoms with van der Waals surface area (Å²) in [5, 5.41) is 0. The summed E-state index contributed by atoms with van der Waals surface area (Å²) in [6, 6.07) is 7.07. The molecule has 2 aliphatic rings. The highest BCUT2D eigenvalue weighted by molar-refractivity contribution is 7.92. The number of sulfonamides is 1. The fourth-order valence-corrected chi connectivity index (χ4v) is 5.28. The zero-order valence-electron chi connectivity index (χ0n) is 14.5. The number of carbonyl (C=O) groups is 1. The molecule has 1 aromatic rings. The maximum atomic E-state index is 12.8. The lowest BCUT2D eigenvalue weighted by atomic mass is 9.84. The first kappa shape index (κ1) is 17.3. The van der Waals surface area contributed by atoms with E-state index in [-0.39, 0.29) is 17.1 Å². The van der Waals surface area contributed by atoms with E-state index in [1.165, 1.54) is 4.31 Å². The highest BCUT2D eigenvalue weighted by Gasteiger charge is 2.30. The van der Waals surface area contributed by atoms with Crippen molar-refractivity contribution in [3.8, 4) is 0 Å². The number of hydrogen-bond acceptors (Lipinski definition) is 3. The van der Waals surface area contributed by atoms with Crippen LogP contribution in [0.1, 0.15) is 49.9 Å². The van der Waals surface area contributed by atoms with Crippen molar-refractivity contribution < 1.29 is 13.2 Å². The number of carbonyl (C=O) groups excluding carboxylic acids is 1. The Labute approximate surface area is 144 Å². The van der Waals surface area contributed by atoms with E-state index in [1.54, 1.807) is 24.3 Å². The molecule has 2 heterocycles. The Morgan fingerprint density at radius 3 is 2.62 bits per heavy atom. The summed E-state index contributed by atoms with van der Waals surface area (Å²) in [4.78, 5) is 14.7. The van der Waals surface area contributed by atoms with Crippen molar-refractivity contribution in [2.45, 2.75) is 39.5 Å². The van der Waals surface area contributed by atoms with Crippen LogP contribution in [0.2, 0.25) is 0 Å². The summed E-state index contributed by atoms with van der Waals surface area (Å²) < 4.78 is 26.0. The third kappa shape index (κ3) is 3.58. The third-order valence-electron chi connectivity index (χ3n) is 4.92. The van der Waals surface area contributed by atoms with Gasteiger partial charge in [0.2, 0.25) is 10.0 Å². The first-order valence-corrected chi connectivity index (χ1v) is 10.3. The Bertz CT molecular complexity index is 728. The summed E-state index contributed by atoms with van der Waals surface area (Å²) in [5.74, 6) is 0.185. The van der Waals surface area contributed by atoms with Gasteiger partial charge >= 0.3 is 0 Å². The summed E-state index contributed by atoms with van der Waals surface area (Å²) in [5.41, 5.74) is 1.32. The highest BCUT2D eigenvalue weighted by atomic mass is 32.2. The fourth-order valence-electron chi connectivity index (χ4n) is 3.65. The molecule has 5 nitrogen and oxygen atoms in total. The number of hydrogen-bond donors (Lipinski definition) is 0. The zero-order valence-corrected chi connectivity index (χ0v) is 15.3. The number of likely N-dealkylation sites (tertiary alicyclic amines) is 1. The third-order valence-corrected chi connectivity index (χ3v) is 6.79. The van der Waals surface area contributed by atoms with Gasteiger partial charge in [0.1, 0.15) is 0 Å². The lowest BCUT2D eigenvalue weighted by Gasteiger charge is -2.38. The summed E-state index contributed by atoms with van der Waals surface area (Å²) in [6.45, 7) is 6.38. The summed E-state index contributed by atoms with van der Waals surface area (Å²) >= 11 is 0. The van der Waals surface area contributed by atoms with E-state index in [4.69, 9.17) is 0 Å². The fraction of sp³-hybridized carbons (Fsp3) is 0.611. The van der Waals surface area contributed by atoms with Crippen molar-refractivity contribution in [1.29, 1.82) is 0 Å². The first-order chi connectivity index (χ1) is 11.3. The highest BCUT2D eigenvalue weighted by Crippen LogP contribution is 2.30. The van der Waals surface area contributed by atoms with Crippen molar-refractivity contribution in [1.82, 2.24) is 4.90 Å². The molecule has 1 aromatic carbocycles. The van der Waals surface area contributed by atoms with E-state index < -0.39 is 10.0 Å². The number of benzene rings is 1. The van der Waals surface area contributed by atoms with E-state index in [0.717, 1.165) is 32.4 Å². The van der Waals surface area contributed by atoms with Crippen molar-refractivity contribution in [3.63, 3.8) is 0 Å². The molecule has 132 valence electrons. The monoisotopic (exact) mass is 350 g/mol. The second-order valence-corrected chi connectivity index (χ2v) is 9.65. The normalized spacial score (nSPS) is 23.1. The molecule has 0 saturated carbocycles. The van der Waals surface area contributed by atoms with Gasteiger partial charge in [-0.1, -0.05) is 19.9 Å². The number of piperidine rings is 1. The molecule has 0 aliphatic carbocycles. The zero-order chi connectivity index (χ0) is 17.4. The second-order valence-electron chi connectivity index (χ2n) is 7.64. The summed E-state index contributed by atoms with van der Waals surface area (Å²) in [6.07, 6.45) is 3.71. The standard InChI is InChI=1S/C18H26N2O3S/c1-18(2)9-6-10-19(14-18)17(21)15-7-5-8-16(13-15)20-11-3-4-12-24(20,22)23/h5,7-8,13H,3-4,6,9-12,14H2,1-2H3. The van der Waals surface area contributed by atoms with E-state index in [1.807, 2.05) is 4.90 Å². The molecular weight excluding hydrogens is 324 g/mol. The lowest BCUT2D eigenvalue weighted by molar-refractivity contribution is 0.0583. The van der Waals surface area contributed by atoms with Gasteiger partial charge in [0.05, 0.1) is 11.4 Å². The SMILES string of the molecule is CC1(C)CCCN(C(=O)c2cccc(N3CCCCS3(=O)=O)c2)C1. The van der Waals surface area contributed by atoms with Crippen LogP contribution in [0.25, 0.3) is 0 Å². The quantitative estimate of drug-likeness (QED) is 0.824. The molecule has 0 atom stereocenters. The Morgan fingerprint density at radius 1 is 1.12 bits per heavy atom. The van der Waals surface area contributed by atoms with Crippen molar-refractivity contribution in [2.24, 2.45) is 5.41 Å². The van der Waals surface area contributed by atoms with Gasteiger partial charge in [-0.3, -0.25) is 9.10 Å². The predicted octanol–water partition coefficient (Wildman–Crippen LogP) is 2.88. The molecule has 0 unspecified atom stereocenters. The van der Waals surface area contributed by atoms with Crippen LogP contribution in [-0.2, 0) is 10.0 Å². The number of nitrogens with zero attached hydrogens (tertiary/aromatic N) is 2. The Hall–Kier alpha value is -1.56. The van der Waals surface area contributed by atoms with Crippen molar-refractivity contribution >= 4 is 21.6 Å². The Kier molecular flexibility index (Phi) is 4.60. The van der Waals surface area contributed by atoms with Crippen LogP contribution in [0.15, 0.2) is 24.3 Å². The minimum atomic E-state index is -3.25. The van der Waals surface area contributed by atoms with Gasteiger partial charge in [-0.15, -0.1) is 0 Å². The first-order valence-electron chi connectivity index (χ1n) is 8.68. The smallest absolute Gasteiger partial charge is 0.253 e. The molecule has 1 amide bonds. The maximum Gasteiger partial charge on any atom is 0.253 e. The van der Waals surface area contributed by atoms with Crippen LogP contribution in [0.3, 0.4) is 0 Å². The Morgan fingerprint density at radius 2 is 1.92 bits per heavy atom. The molecule has 2 aliphatic heterocycles. The van der Waals surface area contributed by atoms with E-state index >= 15 is 0 Å². The van der Waals surface area contributed by atoms with E-state index in [0.29, 0.717) is 24.2 Å². The average molecular weight is 350 g/mol. The molecule has 0 aromatic heterocycles. The van der Waals surface area contributed by atoms with Crippen LogP contribution in [0, 0.1) is 5.41 Å². The lowest BCUT2D eigenvalue weighted by Crippen LogP contribution is -2.43. The number of rotatable bonds is 2. The average Bonchev–Trinajstić information content (AvgIpc) is 2.53. The van der Waals surface area contributed by atoms with Crippen LogP contribution in [0.5, 0.6) is 0 Å². The van der Waals surface area contributed by atoms with Crippen LogP contribution >= 0.6 is 0 Å². The van der Waals surface area contributed by atoms with Gasteiger partial charge < -0.3 is 4.90 Å². The molecule has 2 saturated heterocycles. The molecule has 3 rings (SSSR count). The van der Waals surface area contributed by atoms with Gasteiger partial charge in [-0.25, -0.2) is 8.42 Å². The minimum absolute atomic E-state index is 0.000896. The van der Waals surface area contributed by atoms with Gasteiger partial charge in [0.25, 0.3) is 5.91 Å².